The molecule has 1 unspecified atom stereocenters. The number of hydrogen-bond acceptors (Lipinski definition) is 3. The summed E-state index contributed by atoms with van der Waals surface area (Å²) in [5, 5.41) is 14.2. The first-order valence-electron chi connectivity index (χ1n) is 7.66. The SMILES string of the molecule is O=C(NCC(O)C1CCCC1)c1ccc2nc(Cl)ccc2c1. The molecule has 5 heteroatoms. The lowest BCUT2D eigenvalue weighted by Gasteiger charge is -2.18. The van der Waals surface area contributed by atoms with Gasteiger partial charge < -0.3 is 10.4 Å². The van der Waals surface area contributed by atoms with Gasteiger partial charge in [0, 0.05) is 17.5 Å². The van der Waals surface area contributed by atoms with Gasteiger partial charge in [0.25, 0.3) is 5.91 Å². The minimum absolute atomic E-state index is 0.172. The van der Waals surface area contributed by atoms with E-state index in [2.05, 4.69) is 10.3 Å². The summed E-state index contributed by atoms with van der Waals surface area (Å²) < 4.78 is 0. The molecule has 22 heavy (non-hydrogen) atoms. The van der Waals surface area contributed by atoms with Crippen LogP contribution in [0.4, 0.5) is 0 Å². The van der Waals surface area contributed by atoms with Crippen LogP contribution in [-0.2, 0) is 0 Å². The van der Waals surface area contributed by atoms with Crippen molar-refractivity contribution in [1.29, 1.82) is 0 Å². The number of benzene rings is 1. The third-order valence-corrected chi connectivity index (χ3v) is 4.54. The summed E-state index contributed by atoms with van der Waals surface area (Å²) in [7, 11) is 0. The second-order valence-electron chi connectivity index (χ2n) is 5.86. The summed E-state index contributed by atoms with van der Waals surface area (Å²) in [4.78, 5) is 16.4. The smallest absolute Gasteiger partial charge is 0.251 e. The van der Waals surface area contributed by atoms with E-state index in [1.807, 2.05) is 6.07 Å². The van der Waals surface area contributed by atoms with E-state index in [1.54, 1.807) is 24.3 Å². The van der Waals surface area contributed by atoms with Crippen LogP contribution in [-0.4, -0.2) is 28.6 Å². The quantitative estimate of drug-likeness (QED) is 0.851. The number of amides is 1. The van der Waals surface area contributed by atoms with Crippen LogP contribution in [0.3, 0.4) is 0 Å². The average Bonchev–Trinajstić information content (AvgIpc) is 3.06. The van der Waals surface area contributed by atoms with Gasteiger partial charge in [-0.3, -0.25) is 4.79 Å². The summed E-state index contributed by atoms with van der Waals surface area (Å²) in [6.45, 7) is 0.306. The van der Waals surface area contributed by atoms with E-state index in [9.17, 15) is 9.90 Å². The van der Waals surface area contributed by atoms with Crippen molar-refractivity contribution in [2.45, 2.75) is 31.8 Å². The van der Waals surface area contributed by atoms with Crippen LogP contribution >= 0.6 is 11.6 Å². The number of pyridine rings is 1. The molecule has 1 atom stereocenters. The van der Waals surface area contributed by atoms with Crippen molar-refractivity contribution in [3.05, 3.63) is 41.0 Å². The van der Waals surface area contributed by atoms with Gasteiger partial charge in [-0.05, 0) is 49.1 Å². The van der Waals surface area contributed by atoms with E-state index in [1.165, 1.54) is 12.8 Å². The number of hydrogen-bond donors (Lipinski definition) is 2. The van der Waals surface area contributed by atoms with E-state index < -0.39 is 6.10 Å². The zero-order chi connectivity index (χ0) is 15.5. The molecule has 1 saturated carbocycles. The lowest BCUT2D eigenvalue weighted by atomic mass is 10.0. The molecule has 116 valence electrons. The van der Waals surface area contributed by atoms with Gasteiger partial charge in [0.2, 0.25) is 0 Å². The number of rotatable bonds is 4. The number of carbonyl (C=O) groups excluding carboxylic acids is 1. The van der Waals surface area contributed by atoms with Crippen molar-refractivity contribution >= 4 is 28.4 Å². The Balaban J connectivity index is 1.65. The Hall–Kier alpha value is -1.65. The molecule has 2 aromatic rings. The standard InChI is InChI=1S/C17H19ClN2O2/c18-16-8-6-12-9-13(5-7-14(12)20-16)17(22)19-10-15(21)11-3-1-2-4-11/h5-9,11,15,21H,1-4,10H2,(H,19,22). The molecule has 4 nitrogen and oxygen atoms in total. The van der Waals surface area contributed by atoms with Gasteiger partial charge in [-0.2, -0.15) is 0 Å². The molecule has 1 aromatic carbocycles. The predicted octanol–water partition coefficient (Wildman–Crippen LogP) is 3.17. The van der Waals surface area contributed by atoms with Crippen molar-refractivity contribution in [3.8, 4) is 0 Å². The van der Waals surface area contributed by atoms with Gasteiger partial charge in [0.05, 0.1) is 11.6 Å². The summed E-state index contributed by atoms with van der Waals surface area (Å²) in [6, 6.07) is 8.84. The first-order chi connectivity index (χ1) is 10.6. The van der Waals surface area contributed by atoms with Crippen LogP contribution in [0, 0.1) is 5.92 Å². The van der Waals surface area contributed by atoms with Crippen LogP contribution < -0.4 is 5.32 Å². The van der Waals surface area contributed by atoms with E-state index >= 15 is 0 Å². The number of halogens is 1. The maximum absolute atomic E-state index is 12.2. The van der Waals surface area contributed by atoms with Crippen molar-refractivity contribution in [2.24, 2.45) is 5.92 Å². The van der Waals surface area contributed by atoms with Gasteiger partial charge in [-0.1, -0.05) is 24.4 Å². The Kier molecular flexibility index (Phi) is 4.60. The predicted molar refractivity (Wildman–Crippen MR) is 87.1 cm³/mol. The van der Waals surface area contributed by atoms with Gasteiger partial charge in [0.15, 0.2) is 0 Å². The number of nitrogens with zero attached hydrogens (tertiary/aromatic N) is 1. The van der Waals surface area contributed by atoms with Crippen LogP contribution in [0.25, 0.3) is 10.9 Å². The minimum atomic E-state index is -0.452. The second-order valence-corrected chi connectivity index (χ2v) is 6.25. The number of aromatic nitrogens is 1. The molecule has 0 aliphatic heterocycles. The largest absolute Gasteiger partial charge is 0.391 e. The molecular weight excluding hydrogens is 300 g/mol. The molecule has 1 heterocycles. The minimum Gasteiger partial charge on any atom is -0.391 e. The molecular formula is C17H19ClN2O2. The third kappa shape index (κ3) is 3.39. The molecule has 0 spiro atoms. The van der Waals surface area contributed by atoms with Crippen molar-refractivity contribution in [3.63, 3.8) is 0 Å². The van der Waals surface area contributed by atoms with E-state index in [0.29, 0.717) is 23.2 Å². The number of fused-ring (bicyclic) bond motifs is 1. The number of aliphatic hydroxyl groups is 1. The second kappa shape index (κ2) is 6.63. The Labute approximate surface area is 134 Å². The van der Waals surface area contributed by atoms with Crippen LogP contribution in [0.15, 0.2) is 30.3 Å². The summed E-state index contributed by atoms with van der Waals surface area (Å²) in [6.07, 6.45) is 4.01. The molecule has 2 N–H and O–H groups in total. The monoisotopic (exact) mass is 318 g/mol. The maximum Gasteiger partial charge on any atom is 0.251 e. The summed E-state index contributed by atoms with van der Waals surface area (Å²) in [5.41, 5.74) is 1.32. The van der Waals surface area contributed by atoms with E-state index in [4.69, 9.17) is 11.6 Å². The number of nitrogens with one attached hydrogen (secondary N) is 1. The van der Waals surface area contributed by atoms with Gasteiger partial charge in [-0.15, -0.1) is 0 Å². The molecule has 1 aliphatic rings. The Morgan fingerprint density at radius 1 is 1.32 bits per heavy atom. The highest BCUT2D eigenvalue weighted by molar-refractivity contribution is 6.29. The lowest BCUT2D eigenvalue weighted by molar-refractivity contribution is 0.0841. The highest BCUT2D eigenvalue weighted by Crippen LogP contribution is 2.27. The van der Waals surface area contributed by atoms with Crippen LogP contribution in [0.5, 0.6) is 0 Å². The number of aliphatic hydroxyl groups excluding tert-OH is 1. The summed E-state index contributed by atoms with van der Waals surface area (Å²) in [5.74, 6) is 0.150. The third-order valence-electron chi connectivity index (χ3n) is 4.33. The molecule has 3 rings (SSSR count). The molecule has 1 fully saturated rings. The first kappa shape index (κ1) is 15.3. The van der Waals surface area contributed by atoms with Gasteiger partial charge in [0.1, 0.15) is 5.15 Å². The Bertz CT molecular complexity index is 683. The van der Waals surface area contributed by atoms with Crippen LogP contribution in [0.2, 0.25) is 5.15 Å². The fourth-order valence-corrected chi connectivity index (χ4v) is 3.20. The van der Waals surface area contributed by atoms with E-state index in [-0.39, 0.29) is 5.91 Å². The van der Waals surface area contributed by atoms with Gasteiger partial charge >= 0.3 is 0 Å². The normalized spacial score (nSPS) is 16.8. The first-order valence-corrected chi connectivity index (χ1v) is 8.04. The fraction of sp³-hybridized carbons (Fsp3) is 0.412. The highest BCUT2D eigenvalue weighted by atomic mass is 35.5. The van der Waals surface area contributed by atoms with Crippen molar-refractivity contribution in [2.75, 3.05) is 6.54 Å². The molecule has 1 aliphatic carbocycles. The molecule has 1 amide bonds. The average molecular weight is 319 g/mol. The topological polar surface area (TPSA) is 62.2 Å². The van der Waals surface area contributed by atoms with E-state index in [0.717, 1.165) is 23.7 Å². The summed E-state index contributed by atoms with van der Waals surface area (Å²) >= 11 is 5.85. The molecule has 0 bridgehead atoms. The zero-order valence-electron chi connectivity index (χ0n) is 12.3. The molecule has 1 aromatic heterocycles. The van der Waals surface area contributed by atoms with Crippen molar-refractivity contribution in [1.82, 2.24) is 10.3 Å². The fourth-order valence-electron chi connectivity index (χ4n) is 3.05. The number of carbonyl (C=O) groups is 1. The maximum atomic E-state index is 12.2. The van der Waals surface area contributed by atoms with Crippen LogP contribution in [0.1, 0.15) is 36.0 Å². The van der Waals surface area contributed by atoms with Gasteiger partial charge in [-0.25, -0.2) is 4.98 Å². The Morgan fingerprint density at radius 2 is 2.09 bits per heavy atom. The lowest BCUT2D eigenvalue weighted by Crippen LogP contribution is -2.35. The molecule has 0 saturated heterocycles. The highest BCUT2D eigenvalue weighted by Gasteiger charge is 2.23. The molecule has 0 radical (unpaired) electrons. The van der Waals surface area contributed by atoms with Crippen molar-refractivity contribution < 1.29 is 9.90 Å². The Morgan fingerprint density at radius 3 is 2.86 bits per heavy atom. The zero-order valence-corrected chi connectivity index (χ0v) is 13.0.